The summed E-state index contributed by atoms with van der Waals surface area (Å²) >= 11 is 0. The Kier molecular flexibility index (Phi) is 5.27. The van der Waals surface area contributed by atoms with Crippen molar-refractivity contribution >= 4 is 17.4 Å². The third-order valence-electron chi connectivity index (χ3n) is 5.00. The Labute approximate surface area is 168 Å². The smallest absolute Gasteiger partial charge is 0.354 e. The van der Waals surface area contributed by atoms with Gasteiger partial charge >= 0.3 is 6.18 Å². The number of nitrogens with zero attached hydrogens (tertiary/aromatic N) is 5. The van der Waals surface area contributed by atoms with E-state index in [-0.39, 0.29) is 29.8 Å². The van der Waals surface area contributed by atoms with Gasteiger partial charge in [0.1, 0.15) is 11.6 Å². The van der Waals surface area contributed by atoms with Crippen LogP contribution in [0.3, 0.4) is 0 Å². The van der Waals surface area contributed by atoms with E-state index in [1.807, 2.05) is 0 Å². The summed E-state index contributed by atoms with van der Waals surface area (Å²) in [5.41, 5.74) is 0.772. The molecule has 4 rings (SSSR count). The van der Waals surface area contributed by atoms with Gasteiger partial charge in [-0.05, 0) is 42.7 Å². The lowest BCUT2D eigenvalue weighted by molar-refractivity contribution is -0.146. The molecule has 11 heteroatoms. The minimum Gasteiger partial charge on any atom is -0.354 e. The monoisotopic (exact) mass is 422 g/mol. The van der Waals surface area contributed by atoms with E-state index in [0.29, 0.717) is 36.3 Å². The maximum absolute atomic E-state index is 13.1. The molecule has 1 aliphatic rings. The van der Waals surface area contributed by atoms with Gasteiger partial charge in [0.25, 0.3) is 5.82 Å². The van der Waals surface area contributed by atoms with Crippen LogP contribution in [0, 0.1) is 11.7 Å². The average Bonchev–Trinajstić information content (AvgIpc) is 3.17. The zero-order chi connectivity index (χ0) is 21.3. The van der Waals surface area contributed by atoms with Crippen LogP contribution in [-0.2, 0) is 17.5 Å². The van der Waals surface area contributed by atoms with Crippen LogP contribution in [0.15, 0.2) is 36.4 Å². The Morgan fingerprint density at radius 1 is 1.13 bits per heavy atom. The molecule has 2 aromatic heterocycles. The topological polar surface area (TPSA) is 75.4 Å². The quantitative estimate of drug-likeness (QED) is 0.655. The van der Waals surface area contributed by atoms with Gasteiger partial charge in [-0.1, -0.05) is 12.1 Å². The normalized spacial score (nSPS) is 17.3. The Bertz CT molecular complexity index is 1050. The minimum atomic E-state index is -4.67. The molecule has 0 radical (unpaired) electrons. The third kappa shape index (κ3) is 4.19. The van der Waals surface area contributed by atoms with Crippen LogP contribution in [-0.4, -0.2) is 38.8 Å². The Morgan fingerprint density at radius 3 is 2.63 bits per heavy atom. The molecular formula is C19H18F4N6O. The molecule has 1 aromatic carbocycles. The lowest BCUT2D eigenvalue weighted by Crippen LogP contribution is -2.43. The van der Waals surface area contributed by atoms with Crippen LogP contribution in [0.2, 0.25) is 0 Å². The molecule has 1 aliphatic heterocycles. The summed E-state index contributed by atoms with van der Waals surface area (Å²) in [5, 5.41) is 13.6. The summed E-state index contributed by atoms with van der Waals surface area (Å²) < 4.78 is 52.9. The minimum absolute atomic E-state index is 0.00308. The number of halogens is 4. The van der Waals surface area contributed by atoms with Crippen molar-refractivity contribution in [2.45, 2.75) is 25.6 Å². The summed E-state index contributed by atoms with van der Waals surface area (Å²) in [7, 11) is 0. The van der Waals surface area contributed by atoms with Crippen LogP contribution >= 0.6 is 0 Å². The molecule has 1 fully saturated rings. The molecule has 1 N–H and O–H groups in total. The van der Waals surface area contributed by atoms with E-state index in [0.717, 1.165) is 5.56 Å². The first-order valence-electron chi connectivity index (χ1n) is 9.38. The van der Waals surface area contributed by atoms with E-state index in [9.17, 15) is 22.4 Å². The van der Waals surface area contributed by atoms with Gasteiger partial charge in [-0.15, -0.1) is 15.3 Å². The van der Waals surface area contributed by atoms with Gasteiger partial charge in [-0.3, -0.25) is 4.79 Å². The number of benzene rings is 1. The van der Waals surface area contributed by atoms with Crippen molar-refractivity contribution in [1.82, 2.24) is 25.1 Å². The van der Waals surface area contributed by atoms with Crippen molar-refractivity contribution in [1.29, 1.82) is 0 Å². The van der Waals surface area contributed by atoms with E-state index in [2.05, 4.69) is 20.6 Å². The lowest BCUT2D eigenvalue weighted by Gasteiger charge is -2.32. The molecule has 3 aromatic rings. The fraction of sp³-hybridized carbons (Fsp3) is 0.368. The van der Waals surface area contributed by atoms with Gasteiger partial charge in [0.2, 0.25) is 5.91 Å². The molecule has 1 amide bonds. The zero-order valence-electron chi connectivity index (χ0n) is 15.7. The summed E-state index contributed by atoms with van der Waals surface area (Å²) in [6.07, 6.45) is -3.31. The number of rotatable bonds is 4. The highest BCUT2D eigenvalue weighted by Gasteiger charge is 2.38. The van der Waals surface area contributed by atoms with Crippen LogP contribution in [0.5, 0.6) is 0 Å². The van der Waals surface area contributed by atoms with E-state index < -0.39 is 12.0 Å². The first-order chi connectivity index (χ1) is 14.3. The van der Waals surface area contributed by atoms with Crippen molar-refractivity contribution < 1.29 is 22.4 Å². The SMILES string of the molecule is O=C(NCc1ccc(F)cc1)[C@H]1CCCN(c2ccc3nnc(C(F)(F)F)n3n2)C1. The number of hydrogen-bond donors (Lipinski definition) is 1. The average molecular weight is 422 g/mol. The van der Waals surface area contributed by atoms with Crippen LogP contribution < -0.4 is 10.2 Å². The fourth-order valence-electron chi connectivity index (χ4n) is 3.46. The second kappa shape index (κ2) is 7.88. The number of aromatic nitrogens is 4. The number of carbonyl (C=O) groups excluding carboxylic acids is 1. The Balaban J connectivity index is 1.45. The predicted octanol–water partition coefficient (Wildman–Crippen LogP) is 2.82. The first kappa shape index (κ1) is 20.0. The number of piperidine rings is 1. The molecule has 7 nitrogen and oxygen atoms in total. The fourth-order valence-corrected chi connectivity index (χ4v) is 3.46. The highest BCUT2D eigenvalue weighted by molar-refractivity contribution is 5.79. The van der Waals surface area contributed by atoms with E-state index in [1.54, 1.807) is 23.1 Å². The van der Waals surface area contributed by atoms with E-state index in [1.165, 1.54) is 18.2 Å². The maximum atomic E-state index is 13.1. The van der Waals surface area contributed by atoms with E-state index >= 15 is 0 Å². The molecule has 1 saturated heterocycles. The van der Waals surface area contributed by atoms with Crippen LogP contribution in [0.25, 0.3) is 5.65 Å². The van der Waals surface area contributed by atoms with E-state index in [4.69, 9.17) is 0 Å². The number of nitrogens with one attached hydrogen (secondary N) is 1. The number of hydrogen-bond acceptors (Lipinski definition) is 5. The van der Waals surface area contributed by atoms with Gasteiger partial charge < -0.3 is 10.2 Å². The largest absolute Gasteiger partial charge is 0.453 e. The summed E-state index contributed by atoms with van der Waals surface area (Å²) in [6, 6.07) is 8.84. The molecule has 0 bridgehead atoms. The van der Waals surface area contributed by atoms with Gasteiger partial charge in [0.05, 0.1) is 5.92 Å². The van der Waals surface area contributed by atoms with Crippen molar-refractivity contribution in [2.75, 3.05) is 18.0 Å². The van der Waals surface area contributed by atoms with Gasteiger partial charge in [0, 0.05) is 19.6 Å². The predicted molar refractivity (Wildman–Crippen MR) is 99.0 cm³/mol. The zero-order valence-corrected chi connectivity index (χ0v) is 15.7. The Morgan fingerprint density at radius 2 is 1.90 bits per heavy atom. The second-order valence-corrected chi connectivity index (χ2v) is 7.11. The second-order valence-electron chi connectivity index (χ2n) is 7.11. The molecule has 0 aliphatic carbocycles. The number of carbonyl (C=O) groups is 1. The summed E-state index contributed by atoms with van der Waals surface area (Å²) in [6.45, 7) is 1.18. The van der Waals surface area contributed by atoms with Crippen molar-refractivity contribution in [3.8, 4) is 0 Å². The van der Waals surface area contributed by atoms with Gasteiger partial charge in [0.15, 0.2) is 5.65 Å². The van der Waals surface area contributed by atoms with Crippen molar-refractivity contribution in [2.24, 2.45) is 5.92 Å². The number of anilines is 1. The highest BCUT2D eigenvalue weighted by Crippen LogP contribution is 2.28. The van der Waals surface area contributed by atoms with Gasteiger partial charge in [-0.2, -0.15) is 17.7 Å². The molecule has 1 atom stereocenters. The molecule has 0 unspecified atom stereocenters. The lowest BCUT2D eigenvalue weighted by atomic mass is 9.97. The standard InChI is InChI=1S/C19H18F4N6O/c20-14-5-3-12(4-6-14)10-24-17(30)13-2-1-9-28(11-13)16-8-7-15-25-26-18(19(21,22)23)29(15)27-16/h3-8,13H,1-2,9-11H2,(H,24,30)/t13-/m0/s1. The molecule has 0 saturated carbocycles. The molecule has 3 heterocycles. The summed E-state index contributed by atoms with van der Waals surface area (Å²) in [4.78, 5) is 14.3. The van der Waals surface area contributed by atoms with Crippen molar-refractivity contribution in [3.63, 3.8) is 0 Å². The van der Waals surface area contributed by atoms with Crippen LogP contribution in [0.4, 0.5) is 23.4 Å². The third-order valence-corrected chi connectivity index (χ3v) is 5.00. The Hall–Kier alpha value is -3.24. The van der Waals surface area contributed by atoms with Gasteiger partial charge in [-0.25, -0.2) is 4.39 Å². The molecule has 158 valence electrons. The van der Waals surface area contributed by atoms with Crippen LogP contribution in [0.1, 0.15) is 24.2 Å². The number of fused-ring (bicyclic) bond motifs is 1. The molecule has 30 heavy (non-hydrogen) atoms. The highest BCUT2D eigenvalue weighted by atomic mass is 19.4. The van der Waals surface area contributed by atoms with Crippen molar-refractivity contribution in [3.05, 3.63) is 53.6 Å². The molecular weight excluding hydrogens is 404 g/mol. The number of amides is 1. The maximum Gasteiger partial charge on any atom is 0.453 e. The first-order valence-corrected chi connectivity index (χ1v) is 9.38. The summed E-state index contributed by atoms with van der Waals surface area (Å²) in [5.74, 6) is -1.71. The number of alkyl halides is 3. The molecule has 0 spiro atoms.